The Bertz CT molecular complexity index is 1110. The highest BCUT2D eigenvalue weighted by Gasteiger charge is 2.61. The first-order valence-corrected chi connectivity index (χ1v) is 17.1. The predicted octanol–water partition coefficient (Wildman–Crippen LogP) is 7.90. The van der Waals surface area contributed by atoms with Gasteiger partial charge in [-0.1, -0.05) is 64.7 Å². The van der Waals surface area contributed by atoms with Gasteiger partial charge >= 0.3 is 0 Å². The molecular formula is C33H51NO3S. The third-order valence-electron chi connectivity index (χ3n) is 12.4. The van der Waals surface area contributed by atoms with Crippen LogP contribution in [0.5, 0.6) is 0 Å². The van der Waals surface area contributed by atoms with Gasteiger partial charge in [-0.25, -0.2) is 13.1 Å². The minimum atomic E-state index is -3.81. The van der Waals surface area contributed by atoms with Gasteiger partial charge in [0.1, 0.15) is 0 Å². The summed E-state index contributed by atoms with van der Waals surface area (Å²) in [7, 11) is -3.81. The lowest BCUT2D eigenvalue weighted by Gasteiger charge is -2.63. The van der Waals surface area contributed by atoms with E-state index >= 15 is 0 Å². The summed E-state index contributed by atoms with van der Waals surface area (Å²) >= 11 is 0. The van der Waals surface area contributed by atoms with E-state index in [2.05, 4.69) is 32.4 Å². The van der Waals surface area contributed by atoms with E-state index in [0.29, 0.717) is 22.7 Å². The molecule has 1 aromatic carbocycles. The minimum Gasteiger partial charge on any atom is -0.274 e. The summed E-state index contributed by atoms with van der Waals surface area (Å²) in [5.74, 6) is 5.12. The second kappa shape index (κ2) is 10.6. The molecule has 212 valence electrons. The summed E-state index contributed by atoms with van der Waals surface area (Å²) in [6, 6.07) is 6.65. The fraction of sp³-hybridized carbons (Fsp3) is 0.788. The van der Waals surface area contributed by atoms with Crippen LogP contribution in [0.4, 0.5) is 0 Å². The van der Waals surface area contributed by atoms with Crippen molar-refractivity contribution in [3.05, 3.63) is 29.8 Å². The first kappa shape index (κ1) is 28.2. The van der Waals surface area contributed by atoms with Crippen LogP contribution in [-0.4, -0.2) is 14.3 Å². The summed E-state index contributed by atoms with van der Waals surface area (Å²) in [6.07, 6.45) is 14.9. The van der Waals surface area contributed by atoms with E-state index in [4.69, 9.17) is 0 Å². The van der Waals surface area contributed by atoms with Crippen LogP contribution in [0.15, 0.2) is 29.2 Å². The molecule has 4 aliphatic rings. The molecule has 38 heavy (non-hydrogen) atoms. The number of rotatable bonds is 7. The van der Waals surface area contributed by atoms with E-state index in [0.717, 1.165) is 41.6 Å². The normalized spacial score (nSPS) is 39.5. The number of fused-ring (bicyclic) bond motifs is 5. The number of nitrogens with one attached hydrogen (secondary N) is 1. The van der Waals surface area contributed by atoms with Gasteiger partial charge in [0.15, 0.2) is 0 Å². The van der Waals surface area contributed by atoms with Crippen molar-refractivity contribution in [2.24, 2.45) is 52.3 Å². The minimum absolute atomic E-state index is 0.152. The van der Waals surface area contributed by atoms with Crippen LogP contribution in [0.3, 0.4) is 0 Å². The van der Waals surface area contributed by atoms with Gasteiger partial charge in [-0.3, -0.25) is 4.79 Å². The average Bonchev–Trinajstić information content (AvgIpc) is 3.24. The molecule has 0 spiro atoms. The first-order chi connectivity index (χ1) is 18.0. The molecule has 0 aliphatic heterocycles. The Morgan fingerprint density at radius 2 is 1.68 bits per heavy atom. The highest BCUT2D eigenvalue weighted by atomic mass is 32.2. The molecule has 9 atom stereocenters. The number of sulfonamides is 1. The van der Waals surface area contributed by atoms with E-state index in [1.807, 2.05) is 6.92 Å². The third-order valence-corrected chi connectivity index (χ3v) is 13.8. The van der Waals surface area contributed by atoms with Crippen molar-refractivity contribution < 1.29 is 13.2 Å². The average molecular weight is 542 g/mol. The van der Waals surface area contributed by atoms with E-state index in [1.54, 1.807) is 24.3 Å². The topological polar surface area (TPSA) is 63.2 Å². The monoisotopic (exact) mass is 541 g/mol. The van der Waals surface area contributed by atoms with E-state index in [9.17, 15) is 13.2 Å². The van der Waals surface area contributed by atoms with E-state index in [1.165, 1.54) is 64.2 Å². The zero-order valence-electron chi connectivity index (χ0n) is 24.5. The lowest BCUT2D eigenvalue weighted by Crippen LogP contribution is -2.55. The zero-order chi connectivity index (χ0) is 27.3. The van der Waals surface area contributed by atoms with Crippen molar-refractivity contribution in [2.75, 3.05) is 0 Å². The van der Waals surface area contributed by atoms with E-state index in [-0.39, 0.29) is 17.2 Å². The molecule has 1 N–H and O–H groups in total. The maximum absolute atomic E-state index is 12.7. The van der Waals surface area contributed by atoms with Crippen molar-refractivity contribution in [3.63, 3.8) is 0 Å². The smallest absolute Gasteiger partial charge is 0.264 e. The largest absolute Gasteiger partial charge is 0.274 e. The highest BCUT2D eigenvalue weighted by Crippen LogP contribution is 2.69. The Balaban J connectivity index is 1.23. The Labute approximate surface area is 232 Å². The van der Waals surface area contributed by atoms with Crippen molar-refractivity contribution in [2.45, 2.75) is 117 Å². The number of hydrogen-bond donors (Lipinski definition) is 1. The van der Waals surface area contributed by atoms with Crippen molar-refractivity contribution in [1.29, 1.82) is 0 Å². The second-order valence-electron chi connectivity index (χ2n) is 14.2. The fourth-order valence-corrected chi connectivity index (χ4v) is 11.5. The van der Waals surface area contributed by atoms with Gasteiger partial charge in [-0.05, 0) is 123 Å². The number of hydrogen-bond acceptors (Lipinski definition) is 3. The highest BCUT2D eigenvalue weighted by molar-refractivity contribution is 7.90. The molecule has 1 aromatic rings. The number of carbonyl (C=O) groups excluding carboxylic acids is 1. The van der Waals surface area contributed by atoms with Crippen LogP contribution in [0.25, 0.3) is 0 Å². The summed E-state index contributed by atoms with van der Waals surface area (Å²) in [6.45, 7) is 11.9. The van der Waals surface area contributed by atoms with Crippen LogP contribution in [-0.2, 0) is 14.8 Å². The van der Waals surface area contributed by atoms with Crippen LogP contribution in [0, 0.1) is 59.2 Å². The number of aryl methyl sites for hydroxylation is 1. The lowest BCUT2D eigenvalue weighted by atomic mass is 9.42. The molecule has 0 heterocycles. The van der Waals surface area contributed by atoms with Crippen LogP contribution in [0.2, 0.25) is 0 Å². The molecule has 4 aliphatic carbocycles. The molecular weight excluding hydrogens is 490 g/mol. The number of benzene rings is 1. The maximum Gasteiger partial charge on any atom is 0.264 e. The molecule has 3 unspecified atom stereocenters. The molecule has 0 radical (unpaired) electrons. The first-order valence-electron chi connectivity index (χ1n) is 15.6. The molecule has 0 saturated heterocycles. The molecule has 4 saturated carbocycles. The Hall–Kier alpha value is -1.36. The van der Waals surface area contributed by atoms with Gasteiger partial charge < -0.3 is 0 Å². The molecule has 4 fully saturated rings. The van der Waals surface area contributed by atoms with Gasteiger partial charge in [0, 0.05) is 6.42 Å². The summed E-state index contributed by atoms with van der Waals surface area (Å²) < 4.78 is 27.7. The number of carbonyl (C=O) groups is 1. The van der Waals surface area contributed by atoms with E-state index < -0.39 is 10.0 Å². The molecule has 5 heteroatoms. The summed E-state index contributed by atoms with van der Waals surface area (Å²) in [5, 5.41) is 0. The molecule has 4 nitrogen and oxygen atoms in total. The third kappa shape index (κ3) is 4.88. The molecule has 0 bridgehead atoms. The quantitative estimate of drug-likeness (QED) is 0.382. The second-order valence-corrected chi connectivity index (χ2v) is 15.9. The van der Waals surface area contributed by atoms with Crippen LogP contribution in [0.1, 0.15) is 110 Å². The molecule has 0 aromatic heterocycles. The fourth-order valence-electron chi connectivity index (χ4n) is 10.5. The zero-order valence-corrected chi connectivity index (χ0v) is 25.3. The molecule has 1 amide bonds. The van der Waals surface area contributed by atoms with Crippen molar-refractivity contribution >= 4 is 15.9 Å². The SMILES string of the molecule is CC[C@H]1CC2C3CC[C@H]([C@H](C)CCC(=O)NS(=O)(=O)c4ccc(C)cc4)[C@@]3(C)CCC2[C@@]2(C)CCCC[C@@H]12. The van der Waals surface area contributed by atoms with Crippen molar-refractivity contribution in [1.82, 2.24) is 4.72 Å². The predicted molar refractivity (Wildman–Crippen MR) is 154 cm³/mol. The maximum atomic E-state index is 12.7. The number of amides is 1. The van der Waals surface area contributed by atoms with Gasteiger partial charge in [-0.15, -0.1) is 0 Å². The van der Waals surface area contributed by atoms with Crippen molar-refractivity contribution in [3.8, 4) is 0 Å². The molecule has 5 rings (SSSR count). The lowest BCUT2D eigenvalue weighted by molar-refractivity contribution is -0.138. The Morgan fingerprint density at radius 3 is 2.39 bits per heavy atom. The summed E-state index contributed by atoms with van der Waals surface area (Å²) in [5.41, 5.74) is 1.90. The van der Waals surface area contributed by atoms with Gasteiger partial charge in [0.2, 0.25) is 5.91 Å². The van der Waals surface area contributed by atoms with Crippen LogP contribution >= 0.6 is 0 Å². The standard InChI is InChI=1S/C33H51NO3S/c1-6-24-21-26-29-16-15-27(33(29,5)20-18-30(26)32(4)19-8-7-9-28(24)32)23(3)12-17-31(35)34-38(36,37)25-13-10-22(2)11-14-25/h10-11,13-14,23-24,26-30H,6-9,12,15-21H2,1-5H3,(H,34,35)/t23-,24+,26?,27-,28+,29?,30?,32+,33-/m1/s1. The van der Waals surface area contributed by atoms with Crippen LogP contribution < -0.4 is 4.72 Å². The Kier molecular flexibility index (Phi) is 7.83. The van der Waals surface area contributed by atoms with Gasteiger partial charge in [0.05, 0.1) is 4.90 Å². The Morgan fingerprint density at radius 1 is 0.974 bits per heavy atom. The summed E-state index contributed by atoms with van der Waals surface area (Å²) in [4.78, 5) is 12.9. The van der Waals surface area contributed by atoms with Gasteiger partial charge in [-0.2, -0.15) is 0 Å². The van der Waals surface area contributed by atoms with Gasteiger partial charge in [0.25, 0.3) is 10.0 Å².